The molecule has 0 heterocycles. The first-order valence-corrected chi connectivity index (χ1v) is 5.05. The summed E-state index contributed by atoms with van der Waals surface area (Å²) in [6.45, 7) is 0.267. The van der Waals surface area contributed by atoms with E-state index < -0.39 is 5.97 Å². The van der Waals surface area contributed by atoms with E-state index in [4.69, 9.17) is 10.2 Å². The molecule has 0 aromatic carbocycles. The van der Waals surface area contributed by atoms with E-state index in [1.165, 1.54) is 0 Å². The zero-order valence-corrected chi connectivity index (χ0v) is 7.91. The Bertz CT molecular complexity index is 168. The Morgan fingerprint density at radius 3 is 2.62 bits per heavy atom. The van der Waals surface area contributed by atoms with Gasteiger partial charge in [0.1, 0.15) is 0 Å². The molecule has 0 radical (unpaired) electrons. The van der Waals surface area contributed by atoms with Crippen molar-refractivity contribution < 1.29 is 15.0 Å². The monoisotopic (exact) mass is 186 g/mol. The van der Waals surface area contributed by atoms with Crippen molar-refractivity contribution in [1.82, 2.24) is 0 Å². The number of aliphatic hydroxyl groups excluding tert-OH is 1. The Morgan fingerprint density at radius 1 is 1.31 bits per heavy atom. The minimum Gasteiger partial charge on any atom is -0.481 e. The van der Waals surface area contributed by atoms with E-state index in [-0.39, 0.29) is 13.0 Å². The maximum Gasteiger partial charge on any atom is 0.303 e. The fourth-order valence-electron chi connectivity index (χ4n) is 2.16. The molecule has 1 saturated carbocycles. The first-order valence-electron chi connectivity index (χ1n) is 5.05. The van der Waals surface area contributed by atoms with Crippen molar-refractivity contribution in [2.24, 2.45) is 11.8 Å². The Hall–Kier alpha value is -0.570. The lowest BCUT2D eigenvalue weighted by molar-refractivity contribution is -0.137. The standard InChI is InChI=1S/C10H18O3/c11-7-9-3-1-2-8(6-9)4-5-10(12)13/h8-9,11H,1-7H2,(H,12,13). The molecule has 2 unspecified atom stereocenters. The van der Waals surface area contributed by atoms with Crippen molar-refractivity contribution >= 4 is 5.97 Å². The Balaban J connectivity index is 2.21. The molecule has 0 aromatic heterocycles. The summed E-state index contributed by atoms with van der Waals surface area (Å²) in [7, 11) is 0. The van der Waals surface area contributed by atoms with Gasteiger partial charge in [-0.2, -0.15) is 0 Å². The second kappa shape index (κ2) is 5.22. The van der Waals surface area contributed by atoms with Gasteiger partial charge >= 0.3 is 5.97 Å². The molecule has 76 valence electrons. The summed E-state index contributed by atoms with van der Waals surface area (Å²) in [5.41, 5.74) is 0. The van der Waals surface area contributed by atoms with E-state index in [0.29, 0.717) is 11.8 Å². The largest absolute Gasteiger partial charge is 0.481 e. The normalized spacial score (nSPS) is 28.7. The van der Waals surface area contributed by atoms with Crippen molar-refractivity contribution in [2.75, 3.05) is 6.61 Å². The highest BCUT2D eigenvalue weighted by Crippen LogP contribution is 2.31. The molecule has 3 nitrogen and oxygen atoms in total. The van der Waals surface area contributed by atoms with E-state index >= 15 is 0 Å². The average Bonchev–Trinajstić information content (AvgIpc) is 2.15. The zero-order valence-electron chi connectivity index (χ0n) is 7.91. The van der Waals surface area contributed by atoms with Crippen LogP contribution in [0, 0.1) is 11.8 Å². The number of rotatable bonds is 4. The molecule has 2 N–H and O–H groups in total. The molecule has 0 amide bonds. The first kappa shape index (κ1) is 10.5. The molecule has 1 fully saturated rings. The topological polar surface area (TPSA) is 57.5 Å². The zero-order chi connectivity index (χ0) is 9.68. The lowest BCUT2D eigenvalue weighted by Gasteiger charge is -2.27. The van der Waals surface area contributed by atoms with Crippen LogP contribution in [0.3, 0.4) is 0 Å². The van der Waals surface area contributed by atoms with Gasteiger partial charge < -0.3 is 10.2 Å². The number of carboxylic acid groups (broad SMARTS) is 1. The third-order valence-corrected chi connectivity index (χ3v) is 2.92. The number of carbonyl (C=O) groups is 1. The van der Waals surface area contributed by atoms with Crippen molar-refractivity contribution in [2.45, 2.75) is 38.5 Å². The minimum atomic E-state index is -0.703. The van der Waals surface area contributed by atoms with Gasteiger partial charge in [-0.05, 0) is 31.1 Å². The summed E-state index contributed by atoms with van der Waals surface area (Å²) in [4.78, 5) is 10.3. The second-order valence-electron chi connectivity index (χ2n) is 4.01. The molecule has 1 aliphatic carbocycles. The van der Waals surface area contributed by atoms with E-state index in [2.05, 4.69) is 0 Å². The van der Waals surface area contributed by atoms with Crippen LogP contribution in [0.15, 0.2) is 0 Å². The lowest BCUT2D eigenvalue weighted by Crippen LogP contribution is -2.19. The van der Waals surface area contributed by atoms with Gasteiger partial charge in [-0.1, -0.05) is 12.8 Å². The molecule has 1 aliphatic rings. The van der Waals surface area contributed by atoms with Gasteiger partial charge in [-0.3, -0.25) is 4.79 Å². The van der Waals surface area contributed by atoms with Crippen LogP contribution in [0.25, 0.3) is 0 Å². The number of hydrogen-bond acceptors (Lipinski definition) is 2. The van der Waals surface area contributed by atoms with Crippen LogP contribution in [0.1, 0.15) is 38.5 Å². The highest BCUT2D eigenvalue weighted by Gasteiger charge is 2.21. The number of aliphatic carboxylic acids is 1. The fourth-order valence-corrected chi connectivity index (χ4v) is 2.16. The van der Waals surface area contributed by atoms with Crippen LogP contribution in [0.4, 0.5) is 0 Å². The molecule has 13 heavy (non-hydrogen) atoms. The highest BCUT2D eigenvalue weighted by molar-refractivity contribution is 5.66. The molecular formula is C10H18O3. The van der Waals surface area contributed by atoms with Crippen LogP contribution >= 0.6 is 0 Å². The van der Waals surface area contributed by atoms with Gasteiger partial charge in [0.2, 0.25) is 0 Å². The van der Waals surface area contributed by atoms with Crippen LogP contribution in [-0.2, 0) is 4.79 Å². The molecule has 2 atom stereocenters. The third kappa shape index (κ3) is 3.77. The van der Waals surface area contributed by atoms with Gasteiger partial charge in [0, 0.05) is 13.0 Å². The molecule has 1 rings (SSSR count). The molecule has 3 heteroatoms. The summed E-state index contributed by atoms with van der Waals surface area (Å²) < 4.78 is 0. The fraction of sp³-hybridized carbons (Fsp3) is 0.900. The van der Waals surface area contributed by atoms with Crippen molar-refractivity contribution in [1.29, 1.82) is 0 Å². The van der Waals surface area contributed by atoms with E-state index in [1.54, 1.807) is 0 Å². The number of hydrogen-bond donors (Lipinski definition) is 2. The summed E-state index contributed by atoms with van der Waals surface area (Å²) in [6.07, 6.45) is 5.48. The molecule has 0 aromatic rings. The quantitative estimate of drug-likeness (QED) is 0.701. The van der Waals surface area contributed by atoms with Crippen LogP contribution in [0.5, 0.6) is 0 Å². The minimum absolute atomic E-state index is 0.267. The molecular weight excluding hydrogens is 168 g/mol. The maximum absolute atomic E-state index is 10.3. The maximum atomic E-state index is 10.3. The van der Waals surface area contributed by atoms with Gasteiger partial charge in [-0.15, -0.1) is 0 Å². The molecule has 0 bridgehead atoms. The van der Waals surface area contributed by atoms with Gasteiger partial charge in [0.05, 0.1) is 0 Å². The van der Waals surface area contributed by atoms with Gasteiger partial charge in [-0.25, -0.2) is 0 Å². The predicted octanol–water partition coefficient (Wildman–Crippen LogP) is 1.65. The van der Waals surface area contributed by atoms with E-state index in [9.17, 15) is 4.79 Å². The number of carboxylic acids is 1. The molecule has 0 aliphatic heterocycles. The lowest BCUT2D eigenvalue weighted by atomic mass is 9.80. The Morgan fingerprint density at radius 2 is 2.00 bits per heavy atom. The van der Waals surface area contributed by atoms with Crippen LogP contribution in [0.2, 0.25) is 0 Å². The summed E-state index contributed by atoms with van der Waals surface area (Å²) in [5, 5.41) is 17.5. The average molecular weight is 186 g/mol. The number of aliphatic hydroxyl groups is 1. The van der Waals surface area contributed by atoms with Crippen LogP contribution < -0.4 is 0 Å². The third-order valence-electron chi connectivity index (χ3n) is 2.92. The molecule has 0 saturated heterocycles. The van der Waals surface area contributed by atoms with E-state index in [1.807, 2.05) is 0 Å². The van der Waals surface area contributed by atoms with Crippen LogP contribution in [-0.4, -0.2) is 22.8 Å². The highest BCUT2D eigenvalue weighted by atomic mass is 16.4. The Labute approximate surface area is 78.8 Å². The molecule has 0 spiro atoms. The smallest absolute Gasteiger partial charge is 0.303 e. The van der Waals surface area contributed by atoms with Crippen molar-refractivity contribution in [3.05, 3.63) is 0 Å². The second-order valence-corrected chi connectivity index (χ2v) is 4.01. The summed E-state index contributed by atoms with van der Waals surface area (Å²) >= 11 is 0. The summed E-state index contributed by atoms with van der Waals surface area (Å²) in [5.74, 6) is 0.251. The Kier molecular flexibility index (Phi) is 4.22. The SMILES string of the molecule is O=C(O)CCC1CCCC(CO)C1. The van der Waals surface area contributed by atoms with Gasteiger partial charge in [0.25, 0.3) is 0 Å². The predicted molar refractivity (Wildman–Crippen MR) is 49.4 cm³/mol. The van der Waals surface area contributed by atoms with Gasteiger partial charge in [0.15, 0.2) is 0 Å². The first-order chi connectivity index (χ1) is 6.22. The van der Waals surface area contributed by atoms with E-state index in [0.717, 1.165) is 32.1 Å². The van der Waals surface area contributed by atoms with Crippen molar-refractivity contribution in [3.8, 4) is 0 Å². The van der Waals surface area contributed by atoms with Crippen molar-refractivity contribution in [3.63, 3.8) is 0 Å². The summed E-state index contributed by atoms with van der Waals surface area (Å²) in [6, 6.07) is 0.